The molecular weight excluding hydrogens is 320 g/mol. The minimum Gasteiger partial charge on any atom is -0.444 e. The molecule has 0 saturated carbocycles. The molecule has 0 aromatic heterocycles. The molecule has 1 aromatic carbocycles. The largest absolute Gasteiger partial charge is 0.444 e. The average Bonchev–Trinajstić information content (AvgIpc) is 2.55. The highest BCUT2D eigenvalue weighted by Gasteiger charge is 2.39. The number of hydrogen-bond donors (Lipinski definition) is 0. The number of hydroxylamine groups is 2. The number of carbonyl (C=O) groups excluding carboxylic acids is 2. The van der Waals surface area contributed by atoms with Gasteiger partial charge in [-0.05, 0) is 52.7 Å². The van der Waals surface area contributed by atoms with Crippen molar-refractivity contribution in [1.82, 2.24) is 9.96 Å². The van der Waals surface area contributed by atoms with Crippen molar-refractivity contribution in [2.24, 2.45) is 0 Å². The molecule has 1 aliphatic rings. The molecule has 138 valence electrons. The fraction of sp³-hybridized carbons (Fsp3) is 0.579. The van der Waals surface area contributed by atoms with Gasteiger partial charge in [0.25, 0.3) is 0 Å². The number of amides is 1. The second-order valence-corrected chi connectivity index (χ2v) is 7.71. The highest BCUT2D eigenvalue weighted by molar-refractivity contribution is 5.89. The molecule has 6 nitrogen and oxygen atoms in total. The fourth-order valence-electron chi connectivity index (χ4n) is 2.69. The van der Waals surface area contributed by atoms with Crippen molar-refractivity contribution < 1.29 is 19.2 Å². The average molecular weight is 348 g/mol. The lowest BCUT2D eigenvalue weighted by Gasteiger charge is -2.44. The van der Waals surface area contributed by atoms with Gasteiger partial charge in [-0.1, -0.05) is 18.2 Å². The Hall–Kier alpha value is -2.08. The SMILES string of the molecule is CN(C(=O)OC(C)(C)C)C1(C)CCN(OC(=O)c2ccccc2)CC1. The summed E-state index contributed by atoms with van der Waals surface area (Å²) in [6.45, 7) is 8.74. The van der Waals surface area contributed by atoms with E-state index in [9.17, 15) is 9.59 Å². The Morgan fingerprint density at radius 2 is 1.68 bits per heavy atom. The summed E-state index contributed by atoms with van der Waals surface area (Å²) in [5, 5.41) is 1.67. The fourth-order valence-corrected chi connectivity index (χ4v) is 2.69. The van der Waals surface area contributed by atoms with E-state index in [0.717, 1.165) is 0 Å². The molecule has 1 fully saturated rings. The summed E-state index contributed by atoms with van der Waals surface area (Å²) in [6.07, 6.45) is 1.07. The molecule has 0 atom stereocenters. The lowest BCUT2D eigenvalue weighted by molar-refractivity contribution is -0.138. The first-order valence-corrected chi connectivity index (χ1v) is 8.60. The molecule has 0 spiro atoms. The Bertz CT molecular complexity index is 602. The highest BCUT2D eigenvalue weighted by Crippen LogP contribution is 2.29. The molecular formula is C19H28N2O4. The quantitative estimate of drug-likeness (QED) is 0.837. The van der Waals surface area contributed by atoms with Crippen molar-refractivity contribution in [3.05, 3.63) is 35.9 Å². The maximum atomic E-state index is 12.3. The van der Waals surface area contributed by atoms with Crippen LogP contribution in [0.4, 0.5) is 4.79 Å². The number of nitrogens with zero attached hydrogens (tertiary/aromatic N) is 2. The van der Waals surface area contributed by atoms with E-state index in [1.165, 1.54) is 0 Å². The molecule has 1 saturated heterocycles. The van der Waals surface area contributed by atoms with Gasteiger partial charge in [-0.3, -0.25) is 0 Å². The summed E-state index contributed by atoms with van der Waals surface area (Å²) in [4.78, 5) is 31.5. The van der Waals surface area contributed by atoms with Gasteiger partial charge in [0.1, 0.15) is 5.60 Å². The zero-order chi connectivity index (χ0) is 18.7. The molecule has 6 heteroatoms. The summed E-state index contributed by atoms with van der Waals surface area (Å²) in [7, 11) is 1.76. The topological polar surface area (TPSA) is 59.1 Å². The maximum Gasteiger partial charge on any atom is 0.410 e. The third kappa shape index (κ3) is 5.19. The van der Waals surface area contributed by atoms with Crippen LogP contribution in [-0.2, 0) is 9.57 Å². The van der Waals surface area contributed by atoms with Gasteiger partial charge < -0.3 is 14.5 Å². The second-order valence-electron chi connectivity index (χ2n) is 7.71. The van der Waals surface area contributed by atoms with Crippen LogP contribution in [0, 0.1) is 0 Å². The van der Waals surface area contributed by atoms with Crippen LogP contribution in [0.2, 0.25) is 0 Å². The summed E-state index contributed by atoms with van der Waals surface area (Å²) < 4.78 is 5.46. The molecule has 0 N–H and O–H groups in total. The zero-order valence-electron chi connectivity index (χ0n) is 15.7. The summed E-state index contributed by atoms with van der Waals surface area (Å²) >= 11 is 0. The molecule has 1 aliphatic heterocycles. The first-order valence-electron chi connectivity index (χ1n) is 8.60. The van der Waals surface area contributed by atoms with E-state index in [1.54, 1.807) is 41.3 Å². The Kier molecular flexibility index (Phi) is 5.72. The zero-order valence-corrected chi connectivity index (χ0v) is 15.7. The molecule has 1 amide bonds. The summed E-state index contributed by atoms with van der Waals surface area (Å²) in [5.74, 6) is -0.357. The first kappa shape index (κ1) is 19.2. The molecule has 0 bridgehead atoms. The van der Waals surface area contributed by atoms with Crippen molar-refractivity contribution in [3.63, 3.8) is 0 Å². The number of piperidine rings is 1. The van der Waals surface area contributed by atoms with Crippen LogP contribution in [-0.4, -0.2) is 53.3 Å². The molecule has 1 heterocycles. The smallest absolute Gasteiger partial charge is 0.410 e. The van der Waals surface area contributed by atoms with Gasteiger partial charge in [0.15, 0.2) is 0 Å². The van der Waals surface area contributed by atoms with Crippen molar-refractivity contribution >= 4 is 12.1 Å². The van der Waals surface area contributed by atoms with E-state index >= 15 is 0 Å². The van der Waals surface area contributed by atoms with Crippen LogP contribution in [0.5, 0.6) is 0 Å². The monoisotopic (exact) mass is 348 g/mol. The van der Waals surface area contributed by atoms with Gasteiger partial charge in [0.05, 0.1) is 5.56 Å². The van der Waals surface area contributed by atoms with E-state index in [0.29, 0.717) is 31.5 Å². The highest BCUT2D eigenvalue weighted by atomic mass is 16.7. The van der Waals surface area contributed by atoms with Crippen molar-refractivity contribution in [2.75, 3.05) is 20.1 Å². The Morgan fingerprint density at radius 1 is 1.12 bits per heavy atom. The van der Waals surface area contributed by atoms with Crippen molar-refractivity contribution in [1.29, 1.82) is 0 Å². The van der Waals surface area contributed by atoms with Crippen LogP contribution in [0.25, 0.3) is 0 Å². The van der Waals surface area contributed by atoms with Gasteiger partial charge in [0, 0.05) is 25.7 Å². The Balaban J connectivity index is 1.89. The van der Waals surface area contributed by atoms with E-state index in [4.69, 9.17) is 9.57 Å². The molecule has 25 heavy (non-hydrogen) atoms. The minimum absolute atomic E-state index is 0.321. The van der Waals surface area contributed by atoms with Gasteiger partial charge in [-0.2, -0.15) is 0 Å². The van der Waals surface area contributed by atoms with Crippen LogP contribution in [0.3, 0.4) is 0 Å². The minimum atomic E-state index is -0.520. The maximum absolute atomic E-state index is 12.3. The lowest BCUT2D eigenvalue weighted by Crippen LogP contribution is -2.55. The van der Waals surface area contributed by atoms with E-state index in [1.807, 2.05) is 33.8 Å². The number of carbonyl (C=O) groups is 2. The normalized spacial score (nSPS) is 17.6. The molecule has 1 aromatic rings. The molecule has 0 unspecified atom stereocenters. The molecule has 0 aliphatic carbocycles. The first-order chi connectivity index (χ1) is 11.6. The van der Waals surface area contributed by atoms with E-state index in [-0.39, 0.29) is 17.6 Å². The Morgan fingerprint density at radius 3 is 2.20 bits per heavy atom. The number of hydrogen-bond acceptors (Lipinski definition) is 5. The predicted octanol–water partition coefficient (Wildman–Crippen LogP) is 3.48. The molecule has 0 radical (unpaired) electrons. The lowest BCUT2D eigenvalue weighted by atomic mass is 9.89. The van der Waals surface area contributed by atoms with Crippen LogP contribution in [0.1, 0.15) is 50.9 Å². The second kappa shape index (κ2) is 7.44. The van der Waals surface area contributed by atoms with E-state index in [2.05, 4.69) is 0 Å². The standard InChI is InChI=1S/C19H28N2O4/c1-18(2,3)24-17(23)20(5)19(4)11-13-21(14-12-19)25-16(22)15-9-7-6-8-10-15/h6-10H,11-14H2,1-5H3. The number of benzene rings is 1. The van der Waals surface area contributed by atoms with E-state index < -0.39 is 5.60 Å². The van der Waals surface area contributed by atoms with Crippen LogP contribution in [0.15, 0.2) is 30.3 Å². The van der Waals surface area contributed by atoms with Gasteiger partial charge >= 0.3 is 12.1 Å². The number of rotatable bonds is 3. The third-order valence-corrected chi connectivity index (χ3v) is 4.50. The van der Waals surface area contributed by atoms with Gasteiger partial charge in [-0.25, -0.2) is 9.59 Å². The summed E-state index contributed by atoms with van der Waals surface area (Å²) in [6, 6.07) is 8.92. The van der Waals surface area contributed by atoms with Gasteiger partial charge in [0.2, 0.25) is 0 Å². The predicted molar refractivity (Wildman–Crippen MR) is 95.1 cm³/mol. The molecule has 2 rings (SSSR count). The summed E-state index contributed by atoms with van der Waals surface area (Å²) in [5.41, 5.74) is -0.312. The van der Waals surface area contributed by atoms with Crippen molar-refractivity contribution in [2.45, 2.75) is 51.7 Å². The number of ether oxygens (including phenoxy) is 1. The third-order valence-electron chi connectivity index (χ3n) is 4.50. The van der Waals surface area contributed by atoms with Gasteiger partial charge in [-0.15, -0.1) is 5.06 Å². The van der Waals surface area contributed by atoms with Crippen molar-refractivity contribution in [3.8, 4) is 0 Å². The van der Waals surface area contributed by atoms with Crippen LogP contribution < -0.4 is 0 Å². The van der Waals surface area contributed by atoms with Crippen LogP contribution >= 0.6 is 0 Å². The Labute approximate surface area is 149 Å².